The molecular formula is C22H22N4OS2. The number of nitrogens with zero attached hydrogens (tertiary/aromatic N) is 3. The van der Waals surface area contributed by atoms with Crippen molar-refractivity contribution < 1.29 is 4.79 Å². The van der Waals surface area contributed by atoms with Crippen LogP contribution in [-0.4, -0.2) is 26.4 Å². The maximum absolute atomic E-state index is 12.4. The summed E-state index contributed by atoms with van der Waals surface area (Å²) in [7, 11) is 0. The molecule has 0 radical (unpaired) electrons. The summed E-state index contributed by atoms with van der Waals surface area (Å²) >= 11 is 3.12. The molecule has 4 aromatic rings. The van der Waals surface area contributed by atoms with Gasteiger partial charge in [-0.05, 0) is 39.0 Å². The molecule has 0 spiro atoms. The van der Waals surface area contributed by atoms with Gasteiger partial charge in [-0.2, -0.15) is 0 Å². The lowest BCUT2D eigenvalue weighted by Gasteiger charge is -2.13. The number of thiophene rings is 1. The van der Waals surface area contributed by atoms with Gasteiger partial charge in [-0.1, -0.05) is 47.7 Å². The normalized spacial score (nSPS) is 11.3. The smallest absolute Gasteiger partial charge is 0.234 e. The molecule has 0 saturated carbocycles. The van der Waals surface area contributed by atoms with E-state index >= 15 is 0 Å². The Hall–Kier alpha value is -2.64. The maximum Gasteiger partial charge on any atom is 0.234 e. The SMILES string of the molecule is Cc1ccc(NC(=O)CSc2nnc(-c3csc4ccccc34)n2C(C)C)cc1. The van der Waals surface area contributed by atoms with Crippen molar-refractivity contribution in [2.75, 3.05) is 11.1 Å². The van der Waals surface area contributed by atoms with E-state index in [0.717, 1.165) is 27.8 Å². The van der Waals surface area contributed by atoms with Gasteiger partial charge < -0.3 is 5.32 Å². The standard InChI is InChI=1S/C22H22N4OS2/c1-14(2)26-21(18-12-28-19-7-5-4-6-17(18)19)24-25-22(26)29-13-20(27)23-16-10-8-15(3)9-11-16/h4-12,14H,13H2,1-3H3,(H,23,27). The summed E-state index contributed by atoms with van der Waals surface area (Å²) in [5, 5.41) is 15.9. The molecule has 1 N–H and O–H groups in total. The lowest BCUT2D eigenvalue weighted by Crippen LogP contribution is -2.15. The van der Waals surface area contributed by atoms with Crippen LogP contribution < -0.4 is 5.32 Å². The van der Waals surface area contributed by atoms with Crippen molar-refractivity contribution in [3.05, 3.63) is 59.5 Å². The molecule has 7 heteroatoms. The van der Waals surface area contributed by atoms with Crippen LogP contribution in [0.25, 0.3) is 21.5 Å². The second kappa shape index (κ2) is 8.39. The Bertz CT molecular complexity index is 1150. The highest BCUT2D eigenvalue weighted by Crippen LogP contribution is 2.35. The van der Waals surface area contributed by atoms with Crippen molar-refractivity contribution in [1.82, 2.24) is 14.8 Å². The zero-order chi connectivity index (χ0) is 20.4. The van der Waals surface area contributed by atoms with Crippen LogP contribution in [0.15, 0.2) is 59.1 Å². The first kappa shape index (κ1) is 19.7. The number of rotatable bonds is 6. The van der Waals surface area contributed by atoms with Crippen molar-refractivity contribution in [3.63, 3.8) is 0 Å². The monoisotopic (exact) mass is 422 g/mol. The summed E-state index contributed by atoms with van der Waals surface area (Å²) in [6.07, 6.45) is 0. The highest BCUT2D eigenvalue weighted by molar-refractivity contribution is 7.99. The van der Waals surface area contributed by atoms with Crippen LogP contribution in [0.4, 0.5) is 5.69 Å². The van der Waals surface area contributed by atoms with E-state index in [1.165, 1.54) is 21.8 Å². The average Bonchev–Trinajstić information content (AvgIpc) is 3.32. The number of aryl methyl sites for hydroxylation is 1. The first-order chi connectivity index (χ1) is 14.0. The zero-order valence-electron chi connectivity index (χ0n) is 16.5. The van der Waals surface area contributed by atoms with E-state index in [-0.39, 0.29) is 17.7 Å². The number of hydrogen-bond acceptors (Lipinski definition) is 5. The number of carbonyl (C=O) groups excluding carboxylic acids is 1. The van der Waals surface area contributed by atoms with Crippen LogP contribution in [0, 0.1) is 6.92 Å². The number of benzene rings is 2. The molecule has 0 atom stereocenters. The molecule has 5 nitrogen and oxygen atoms in total. The number of nitrogens with one attached hydrogen (secondary N) is 1. The van der Waals surface area contributed by atoms with E-state index in [1.54, 1.807) is 11.3 Å². The summed E-state index contributed by atoms with van der Waals surface area (Å²) in [4.78, 5) is 12.4. The molecule has 29 heavy (non-hydrogen) atoms. The van der Waals surface area contributed by atoms with Gasteiger partial charge in [-0.3, -0.25) is 9.36 Å². The Balaban J connectivity index is 1.54. The van der Waals surface area contributed by atoms with Crippen molar-refractivity contribution in [2.24, 2.45) is 0 Å². The summed E-state index contributed by atoms with van der Waals surface area (Å²) in [5.74, 6) is 1.07. The molecule has 4 rings (SSSR count). The Kier molecular flexibility index (Phi) is 5.69. The van der Waals surface area contributed by atoms with Gasteiger partial charge in [0.25, 0.3) is 0 Å². The quantitative estimate of drug-likeness (QED) is 0.400. The van der Waals surface area contributed by atoms with E-state index in [1.807, 2.05) is 43.3 Å². The first-order valence-electron chi connectivity index (χ1n) is 9.44. The van der Waals surface area contributed by atoms with Gasteiger partial charge in [-0.15, -0.1) is 21.5 Å². The van der Waals surface area contributed by atoms with Gasteiger partial charge in [0.1, 0.15) is 0 Å². The third-order valence-corrected chi connectivity index (χ3v) is 6.48. The third kappa shape index (κ3) is 4.21. The number of anilines is 1. The van der Waals surface area contributed by atoms with Gasteiger partial charge >= 0.3 is 0 Å². The van der Waals surface area contributed by atoms with Crippen LogP contribution in [0.2, 0.25) is 0 Å². The highest BCUT2D eigenvalue weighted by Gasteiger charge is 2.20. The fourth-order valence-electron chi connectivity index (χ4n) is 3.14. The molecule has 0 fully saturated rings. The Labute approximate surface area is 178 Å². The molecule has 0 aliphatic carbocycles. The number of aromatic nitrogens is 3. The van der Waals surface area contributed by atoms with Crippen LogP contribution in [-0.2, 0) is 4.79 Å². The molecule has 1 amide bonds. The van der Waals surface area contributed by atoms with E-state index in [9.17, 15) is 4.79 Å². The second-order valence-corrected chi connectivity index (χ2v) is 8.97. The van der Waals surface area contributed by atoms with Gasteiger partial charge in [0.2, 0.25) is 5.91 Å². The fourth-order valence-corrected chi connectivity index (χ4v) is 4.95. The molecule has 0 aliphatic rings. The molecule has 2 aromatic carbocycles. The van der Waals surface area contributed by atoms with Crippen molar-refractivity contribution in [3.8, 4) is 11.4 Å². The summed E-state index contributed by atoms with van der Waals surface area (Å²) in [5.41, 5.74) is 3.05. The number of fused-ring (bicyclic) bond motifs is 1. The predicted molar refractivity (Wildman–Crippen MR) is 122 cm³/mol. The summed E-state index contributed by atoms with van der Waals surface area (Å²) in [6, 6.07) is 16.3. The molecule has 148 valence electrons. The fraction of sp³-hybridized carbons (Fsp3) is 0.227. The molecule has 0 bridgehead atoms. The number of carbonyl (C=O) groups is 1. The molecule has 0 unspecified atom stereocenters. The van der Waals surface area contributed by atoms with Crippen LogP contribution in [0.5, 0.6) is 0 Å². The first-order valence-corrected chi connectivity index (χ1v) is 11.3. The van der Waals surface area contributed by atoms with Gasteiger partial charge in [0.15, 0.2) is 11.0 Å². The Morgan fingerprint density at radius 2 is 1.90 bits per heavy atom. The Morgan fingerprint density at radius 1 is 1.14 bits per heavy atom. The maximum atomic E-state index is 12.4. The minimum absolute atomic E-state index is 0.0558. The summed E-state index contributed by atoms with van der Waals surface area (Å²) in [6.45, 7) is 6.24. The van der Waals surface area contributed by atoms with E-state index in [0.29, 0.717) is 0 Å². The molecule has 2 aromatic heterocycles. The number of hydrogen-bond donors (Lipinski definition) is 1. The molecule has 0 saturated heterocycles. The van der Waals surface area contributed by atoms with Crippen LogP contribution in [0.3, 0.4) is 0 Å². The average molecular weight is 423 g/mol. The van der Waals surface area contributed by atoms with Crippen molar-refractivity contribution >= 4 is 44.8 Å². The largest absolute Gasteiger partial charge is 0.325 e. The van der Waals surface area contributed by atoms with Gasteiger partial charge in [0, 0.05) is 32.8 Å². The van der Waals surface area contributed by atoms with Crippen LogP contribution >= 0.6 is 23.1 Å². The zero-order valence-corrected chi connectivity index (χ0v) is 18.2. The van der Waals surface area contributed by atoms with E-state index < -0.39 is 0 Å². The predicted octanol–water partition coefficient (Wildman–Crippen LogP) is 5.78. The minimum Gasteiger partial charge on any atom is -0.325 e. The minimum atomic E-state index is -0.0558. The number of amides is 1. The highest BCUT2D eigenvalue weighted by atomic mass is 32.2. The lowest BCUT2D eigenvalue weighted by molar-refractivity contribution is -0.113. The van der Waals surface area contributed by atoms with Gasteiger partial charge in [-0.25, -0.2) is 0 Å². The van der Waals surface area contributed by atoms with Crippen molar-refractivity contribution in [1.29, 1.82) is 0 Å². The number of thioether (sulfide) groups is 1. The molecule has 2 heterocycles. The molecular weight excluding hydrogens is 400 g/mol. The second-order valence-electron chi connectivity index (χ2n) is 7.12. The topological polar surface area (TPSA) is 59.8 Å². The Morgan fingerprint density at radius 3 is 2.66 bits per heavy atom. The van der Waals surface area contributed by atoms with Crippen LogP contribution in [0.1, 0.15) is 25.5 Å². The lowest BCUT2D eigenvalue weighted by atomic mass is 10.1. The third-order valence-electron chi connectivity index (χ3n) is 4.57. The van der Waals surface area contributed by atoms with Gasteiger partial charge in [0.05, 0.1) is 5.75 Å². The molecule has 0 aliphatic heterocycles. The van der Waals surface area contributed by atoms with E-state index in [4.69, 9.17) is 0 Å². The van der Waals surface area contributed by atoms with E-state index in [2.05, 4.69) is 51.4 Å². The summed E-state index contributed by atoms with van der Waals surface area (Å²) < 4.78 is 3.34. The van der Waals surface area contributed by atoms with Crippen molar-refractivity contribution in [2.45, 2.75) is 32.0 Å².